The second-order valence-electron chi connectivity index (χ2n) is 6.78. The summed E-state index contributed by atoms with van der Waals surface area (Å²) in [6, 6.07) is 16.6. The standard InChI is InChI=1S/C23H26N2OS/c1-4-14-25(15-5-2)20-12-8-18(9-13-20)16-21-22(26)24-23(27-21)19-10-6-17(3)7-11-19/h6-13,16H,4-5,14-15H2,1-3H3/b21-16-. The molecule has 1 heterocycles. The molecule has 0 spiro atoms. The van der Waals surface area contributed by atoms with Crippen molar-refractivity contribution in [2.45, 2.75) is 33.6 Å². The van der Waals surface area contributed by atoms with Gasteiger partial charge >= 0.3 is 0 Å². The van der Waals surface area contributed by atoms with E-state index in [1.54, 1.807) is 0 Å². The molecule has 27 heavy (non-hydrogen) atoms. The maximum Gasteiger partial charge on any atom is 0.284 e. The van der Waals surface area contributed by atoms with E-state index in [0.717, 1.165) is 42.1 Å². The van der Waals surface area contributed by atoms with Crippen molar-refractivity contribution < 1.29 is 4.79 Å². The number of rotatable bonds is 7. The van der Waals surface area contributed by atoms with Gasteiger partial charge in [-0.05, 0) is 43.5 Å². The minimum Gasteiger partial charge on any atom is -0.372 e. The molecule has 3 nitrogen and oxygen atoms in total. The first-order chi connectivity index (χ1) is 13.1. The Morgan fingerprint density at radius 2 is 1.59 bits per heavy atom. The predicted octanol–water partition coefficient (Wildman–Crippen LogP) is 5.68. The van der Waals surface area contributed by atoms with Crippen molar-refractivity contribution in [3.8, 4) is 0 Å². The van der Waals surface area contributed by atoms with Gasteiger partial charge in [-0.25, -0.2) is 4.99 Å². The maximum atomic E-state index is 12.3. The molecule has 3 rings (SSSR count). The van der Waals surface area contributed by atoms with Crippen LogP contribution in [-0.4, -0.2) is 24.0 Å². The van der Waals surface area contributed by atoms with Crippen molar-refractivity contribution in [3.05, 3.63) is 70.1 Å². The molecule has 0 bridgehead atoms. The summed E-state index contributed by atoms with van der Waals surface area (Å²) in [6.45, 7) is 8.59. The maximum absolute atomic E-state index is 12.3. The smallest absolute Gasteiger partial charge is 0.284 e. The monoisotopic (exact) mass is 378 g/mol. The minimum absolute atomic E-state index is 0.154. The van der Waals surface area contributed by atoms with Gasteiger partial charge in [0.05, 0.1) is 4.91 Å². The summed E-state index contributed by atoms with van der Waals surface area (Å²) in [4.78, 5) is 19.6. The summed E-state index contributed by atoms with van der Waals surface area (Å²) in [7, 11) is 0. The Labute approximate surface area is 166 Å². The van der Waals surface area contributed by atoms with Crippen LogP contribution in [0.2, 0.25) is 0 Å². The summed E-state index contributed by atoms with van der Waals surface area (Å²) < 4.78 is 0. The zero-order valence-corrected chi connectivity index (χ0v) is 17.1. The fourth-order valence-electron chi connectivity index (χ4n) is 3.07. The average Bonchev–Trinajstić information content (AvgIpc) is 3.03. The zero-order chi connectivity index (χ0) is 19.2. The molecule has 0 N–H and O–H groups in total. The number of aliphatic imine (C=N–C) groups is 1. The van der Waals surface area contributed by atoms with Gasteiger partial charge in [0.25, 0.3) is 5.91 Å². The molecule has 0 unspecified atom stereocenters. The number of carbonyl (C=O) groups is 1. The zero-order valence-electron chi connectivity index (χ0n) is 16.2. The normalized spacial score (nSPS) is 15.3. The van der Waals surface area contributed by atoms with E-state index in [1.165, 1.54) is 23.0 Å². The third-order valence-electron chi connectivity index (χ3n) is 4.46. The number of amides is 1. The number of hydrogen-bond donors (Lipinski definition) is 0. The SMILES string of the molecule is CCCN(CCC)c1ccc(/C=C2\SC(c3ccc(C)cc3)=NC2=O)cc1. The predicted molar refractivity (Wildman–Crippen MR) is 118 cm³/mol. The highest BCUT2D eigenvalue weighted by atomic mass is 32.2. The third-order valence-corrected chi connectivity index (χ3v) is 5.49. The number of aryl methyl sites for hydroxylation is 1. The van der Waals surface area contributed by atoms with E-state index in [1.807, 2.05) is 30.3 Å². The van der Waals surface area contributed by atoms with E-state index in [0.29, 0.717) is 4.91 Å². The number of anilines is 1. The largest absolute Gasteiger partial charge is 0.372 e. The molecular formula is C23H26N2OS. The number of nitrogens with zero attached hydrogens (tertiary/aromatic N) is 2. The van der Waals surface area contributed by atoms with Crippen LogP contribution in [0.15, 0.2) is 58.4 Å². The third kappa shape index (κ3) is 4.89. The minimum atomic E-state index is -0.154. The Kier molecular flexibility index (Phi) is 6.51. The van der Waals surface area contributed by atoms with Crippen LogP contribution in [0.4, 0.5) is 5.69 Å². The van der Waals surface area contributed by atoms with Gasteiger partial charge in [-0.15, -0.1) is 0 Å². The van der Waals surface area contributed by atoms with Crippen molar-refractivity contribution in [2.24, 2.45) is 4.99 Å². The highest BCUT2D eigenvalue weighted by molar-refractivity contribution is 8.19. The Morgan fingerprint density at radius 3 is 2.19 bits per heavy atom. The van der Waals surface area contributed by atoms with Crippen molar-refractivity contribution in [2.75, 3.05) is 18.0 Å². The lowest BCUT2D eigenvalue weighted by molar-refractivity contribution is -0.113. The highest BCUT2D eigenvalue weighted by Crippen LogP contribution is 2.32. The first-order valence-corrected chi connectivity index (χ1v) is 10.4. The number of hydrogen-bond acceptors (Lipinski definition) is 3. The number of benzene rings is 2. The second-order valence-corrected chi connectivity index (χ2v) is 7.81. The van der Waals surface area contributed by atoms with E-state index in [9.17, 15) is 4.79 Å². The van der Waals surface area contributed by atoms with Gasteiger partial charge in [0, 0.05) is 24.3 Å². The number of carbonyl (C=O) groups excluding carboxylic acids is 1. The lowest BCUT2D eigenvalue weighted by Gasteiger charge is -2.23. The van der Waals surface area contributed by atoms with Gasteiger partial charge in [0.1, 0.15) is 5.04 Å². The van der Waals surface area contributed by atoms with Crippen LogP contribution in [0.3, 0.4) is 0 Å². The molecule has 1 aliphatic heterocycles. The Morgan fingerprint density at radius 1 is 0.963 bits per heavy atom. The van der Waals surface area contributed by atoms with Gasteiger partial charge in [-0.3, -0.25) is 4.79 Å². The molecule has 4 heteroatoms. The molecule has 0 aromatic heterocycles. The van der Waals surface area contributed by atoms with Crippen molar-refractivity contribution >= 4 is 34.5 Å². The topological polar surface area (TPSA) is 32.7 Å². The summed E-state index contributed by atoms with van der Waals surface area (Å²) in [5, 5.41) is 0.778. The summed E-state index contributed by atoms with van der Waals surface area (Å²) in [6.07, 6.45) is 4.21. The van der Waals surface area contributed by atoms with Crippen molar-refractivity contribution in [1.29, 1.82) is 0 Å². The van der Waals surface area contributed by atoms with Gasteiger partial charge < -0.3 is 4.90 Å². The van der Waals surface area contributed by atoms with E-state index in [2.05, 4.69) is 54.9 Å². The van der Waals surface area contributed by atoms with E-state index < -0.39 is 0 Å². The van der Waals surface area contributed by atoms with Crippen LogP contribution in [0, 0.1) is 6.92 Å². The molecular weight excluding hydrogens is 352 g/mol. The molecule has 1 amide bonds. The van der Waals surface area contributed by atoms with E-state index in [4.69, 9.17) is 0 Å². The second kappa shape index (κ2) is 9.05. The highest BCUT2D eigenvalue weighted by Gasteiger charge is 2.22. The van der Waals surface area contributed by atoms with Crippen LogP contribution in [0.5, 0.6) is 0 Å². The van der Waals surface area contributed by atoms with Gasteiger partial charge in [0.2, 0.25) is 0 Å². The molecule has 1 aliphatic rings. The van der Waals surface area contributed by atoms with Gasteiger partial charge in [0.15, 0.2) is 0 Å². The first-order valence-electron chi connectivity index (χ1n) is 9.55. The molecule has 0 saturated carbocycles. The van der Waals surface area contributed by atoms with E-state index >= 15 is 0 Å². The molecule has 2 aromatic carbocycles. The molecule has 0 saturated heterocycles. The molecule has 140 valence electrons. The number of thioether (sulfide) groups is 1. The van der Waals surface area contributed by atoms with E-state index in [-0.39, 0.29) is 5.91 Å². The molecule has 0 atom stereocenters. The molecule has 2 aromatic rings. The first kappa shape index (κ1) is 19.4. The Hall–Kier alpha value is -2.33. The van der Waals surface area contributed by atoms with Crippen LogP contribution in [0.25, 0.3) is 6.08 Å². The lowest BCUT2D eigenvalue weighted by atomic mass is 10.1. The van der Waals surface area contributed by atoms with Crippen LogP contribution >= 0.6 is 11.8 Å². The Balaban J connectivity index is 1.73. The average molecular weight is 379 g/mol. The van der Waals surface area contributed by atoms with Gasteiger partial charge in [-0.1, -0.05) is 67.6 Å². The van der Waals surface area contributed by atoms with Crippen LogP contribution in [-0.2, 0) is 4.79 Å². The van der Waals surface area contributed by atoms with Crippen LogP contribution < -0.4 is 4.90 Å². The lowest BCUT2D eigenvalue weighted by Crippen LogP contribution is -2.24. The quantitative estimate of drug-likeness (QED) is 0.581. The van der Waals surface area contributed by atoms with Crippen molar-refractivity contribution in [1.82, 2.24) is 0 Å². The Bertz CT molecular complexity index is 845. The molecule has 0 aliphatic carbocycles. The molecule has 0 fully saturated rings. The van der Waals surface area contributed by atoms with Crippen LogP contribution in [0.1, 0.15) is 43.4 Å². The summed E-state index contributed by atoms with van der Waals surface area (Å²) in [5.74, 6) is -0.154. The summed E-state index contributed by atoms with van der Waals surface area (Å²) >= 11 is 1.45. The van der Waals surface area contributed by atoms with Gasteiger partial charge in [-0.2, -0.15) is 0 Å². The summed E-state index contributed by atoms with van der Waals surface area (Å²) in [5.41, 5.74) is 4.46. The van der Waals surface area contributed by atoms with Crippen molar-refractivity contribution in [3.63, 3.8) is 0 Å². The fourth-order valence-corrected chi connectivity index (χ4v) is 3.99. The fraction of sp³-hybridized carbons (Fsp3) is 0.304. The molecule has 0 radical (unpaired) electrons.